The van der Waals surface area contributed by atoms with Crippen LogP contribution in [0.25, 0.3) is 0 Å². The lowest BCUT2D eigenvalue weighted by atomic mass is 9.92. The van der Waals surface area contributed by atoms with Crippen molar-refractivity contribution in [3.05, 3.63) is 35.9 Å². The number of rotatable bonds is 7. The Kier molecular flexibility index (Phi) is 5.90. The van der Waals surface area contributed by atoms with Crippen molar-refractivity contribution in [2.45, 2.75) is 45.2 Å². The van der Waals surface area contributed by atoms with E-state index in [2.05, 4.69) is 5.32 Å². The fourth-order valence-electron chi connectivity index (χ4n) is 2.06. The van der Waals surface area contributed by atoms with E-state index in [1.54, 1.807) is 6.92 Å². The summed E-state index contributed by atoms with van der Waals surface area (Å²) in [7, 11) is 0. The van der Waals surface area contributed by atoms with Gasteiger partial charge in [0.2, 0.25) is 5.91 Å². The van der Waals surface area contributed by atoms with Crippen molar-refractivity contribution in [1.29, 1.82) is 0 Å². The second-order valence-corrected chi connectivity index (χ2v) is 5.99. The number of nitrogens with two attached hydrogens (primary N) is 1. The lowest BCUT2D eigenvalue weighted by Crippen LogP contribution is -2.47. The molecular weight excluding hydrogens is 268 g/mol. The quantitative estimate of drug-likeness (QED) is 0.717. The maximum atomic E-state index is 12.3. The van der Waals surface area contributed by atoms with E-state index >= 15 is 0 Å². The molecule has 0 saturated carbocycles. The number of carboxylic acids is 1. The van der Waals surface area contributed by atoms with Gasteiger partial charge in [0.15, 0.2) is 0 Å². The summed E-state index contributed by atoms with van der Waals surface area (Å²) in [5.41, 5.74) is 6.46. The van der Waals surface area contributed by atoms with Gasteiger partial charge in [-0.25, -0.2) is 0 Å². The molecule has 1 amide bonds. The van der Waals surface area contributed by atoms with E-state index in [0.717, 1.165) is 5.56 Å². The molecule has 0 aliphatic rings. The van der Waals surface area contributed by atoms with Crippen molar-refractivity contribution in [2.24, 2.45) is 11.7 Å². The molecular formula is C16H24N2O3. The van der Waals surface area contributed by atoms with Crippen molar-refractivity contribution in [2.75, 3.05) is 0 Å². The minimum absolute atomic E-state index is 0.0202. The third kappa shape index (κ3) is 5.55. The molecule has 1 aromatic carbocycles. The van der Waals surface area contributed by atoms with E-state index in [-0.39, 0.29) is 18.4 Å². The van der Waals surface area contributed by atoms with E-state index in [9.17, 15) is 9.59 Å². The molecule has 116 valence electrons. The van der Waals surface area contributed by atoms with Crippen LogP contribution in [0.2, 0.25) is 0 Å². The van der Waals surface area contributed by atoms with Gasteiger partial charge >= 0.3 is 5.97 Å². The van der Waals surface area contributed by atoms with Gasteiger partial charge in [-0.1, -0.05) is 37.3 Å². The topological polar surface area (TPSA) is 92.4 Å². The largest absolute Gasteiger partial charge is 0.481 e. The first kappa shape index (κ1) is 17.2. The Morgan fingerprint density at radius 2 is 1.86 bits per heavy atom. The smallest absolute Gasteiger partial charge is 0.303 e. The van der Waals surface area contributed by atoms with Crippen molar-refractivity contribution in [3.8, 4) is 0 Å². The zero-order valence-corrected chi connectivity index (χ0v) is 12.8. The molecule has 0 bridgehead atoms. The van der Waals surface area contributed by atoms with Gasteiger partial charge in [-0.15, -0.1) is 0 Å². The Hall–Kier alpha value is -1.88. The highest BCUT2D eigenvalue weighted by Crippen LogP contribution is 2.21. The minimum atomic E-state index is -0.869. The fraction of sp³-hybridized carbons (Fsp3) is 0.500. The van der Waals surface area contributed by atoms with Crippen molar-refractivity contribution >= 4 is 11.9 Å². The highest BCUT2D eigenvalue weighted by atomic mass is 16.4. The Bertz CT molecular complexity index is 486. The molecule has 21 heavy (non-hydrogen) atoms. The summed E-state index contributed by atoms with van der Waals surface area (Å²) in [5, 5.41) is 11.6. The van der Waals surface area contributed by atoms with E-state index in [1.807, 2.05) is 44.2 Å². The molecule has 0 saturated heterocycles. The molecule has 0 aromatic heterocycles. The van der Waals surface area contributed by atoms with E-state index < -0.39 is 17.4 Å². The summed E-state index contributed by atoms with van der Waals surface area (Å²) in [6.07, 6.45) is 0.397. The predicted octanol–water partition coefficient (Wildman–Crippen LogP) is 2.08. The standard InChI is InChI=1S/C16H24N2O3/c1-11(14(17)12-7-5-4-6-8-12)15(21)18-16(2,3)10-9-13(19)20/h4-8,11,14H,9-10,17H2,1-3H3,(H,18,21)(H,19,20). The molecule has 1 aromatic rings. The molecule has 2 unspecified atom stereocenters. The number of hydrogen-bond donors (Lipinski definition) is 3. The summed E-state index contributed by atoms with van der Waals surface area (Å²) in [4.78, 5) is 22.9. The molecule has 0 spiro atoms. The van der Waals surface area contributed by atoms with Crippen LogP contribution in [-0.4, -0.2) is 22.5 Å². The van der Waals surface area contributed by atoms with Crippen molar-refractivity contribution in [3.63, 3.8) is 0 Å². The lowest BCUT2D eigenvalue weighted by Gasteiger charge is -2.29. The Balaban J connectivity index is 2.64. The maximum Gasteiger partial charge on any atom is 0.303 e. The van der Waals surface area contributed by atoms with E-state index in [0.29, 0.717) is 6.42 Å². The number of hydrogen-bond acceptors (Lipinski definition) is 3. The Labute approximate surface area is 125 Å². The number of carbonyl (C=O) groups excluding carboxylic acids is 1. The number of nitrogens with one attached hydrogen (secondary N) is 1. The molecule has 2 atom stereocenters. The molecule has 0 fully saturated rings. The Morgan fingerprint density at radius 3 is 2.38 bits per heavy atom. The van der Waals surface area contributed by atoms with Crippen LogP contribution in [0.3, 0.4) is 0 Å². The first-order chi connectivity index (χ1) is 9.73. The van der Waals surface area contributed by atoms with Gasteiger partial charge in [-0.3, -0.25) is 9.59 Å². The highest BCUT2D eigenvalue weighted by molar-refractivity contribution is 5.80. The summed E-state index contributed by atoms with van der Waals surface area (Å²) < 4.78 is 0. The second-order valence-electron chi connectivity index (χ2n) is 5.99. The lowest BCUT2D eigenvalue weighted by molar-refractivity contribution is -0.138. The normalized spacial score (nSPS) is 14.3. The molecule has 0 aliphatic heterocycles. The minimum Gasteiger partial charge on any atom is -0.481 e. The first-order valence-electron chi connectivity index (χ1n) is 7.07. The second kappa shape index (κ2) is 7.22. The predicted molar refractivity (Wildman–Crippen MR) is 81.6 cm³/mol. The van der Waals surface area contributed by atoms with Crippen molar-refractivity contribution in [1.82, 2.24) is 5.32 Å². The van der Waals surface area contributed by atoms with Crippen molar-refractivity contribution < 1.29 is 14.7 Å². The van der Waals surface area contributed by atoms with Crippen LogP contribution in [0.4, 0.5) is 0 Å². The average Bonchev–Trinajstić information content (AvgIpc) is 2.44. The van der Waals surface area contributed by atoms with Crippen LogP contribution in [0.15, 0.2) is 30.3 Å². The molecule has 1 rings (SSSR count). The third-order valence-corrected chi connectivity index (χ3v) is 3.56. The maximum absolute atomic E-state index is 12.3. The molecule has 5 nitrogen and oxygen atoms in total. The SMILES string of the molecule is CC(C(=O)NC(C)(C)CCC(=O)O)C(N)c1ccccc1. The molecule has 4 N–H and O–H groups in total. The van der Waals surface area contributed by atoms with Crippen LogP contribution in [-0.2, 0) is 9.59 Å². The molecule has 0 radical (unpaired) electrons. The summed E-state index contributed by atoms with van der Waals surface area (Å²) in [5.74, 6) is -1.43. The monoisotopic (exact) mass is 292 g/mol. The number of carboxylic acid groups (broad SMARTS) is 1. The molecule has 0 heterocycles. The van der Waals surface area contributed by atoms with Crippen LogP contribution in [0.1, 0.15) is 45.2 Å². The highest BCUT2D eigenvalue weighted by Gasteiger charge is 2.27. The van der Waals surface area contributed by atoms with Crippen LogP contribution in [0.5, 0.6) is 0 Å². The van der Waals surface area contributed by atoms with Gasteiger partial charge in [-0.2, -0.15) is 0 Å². The average molecular weight is 292 g/mol. The van der Waals surface area contributed by atoms with Gasteiger partial charge in [0.05, 0.1) is 5.92 Å². The molecule has 5 heteroatoms. The van der Waals surface area contributed by atoms with Gasteiger partial charge in [-0.05, 0) is 25.8 Å². The number of aliphatic carboxylic acids is 1. The van der Waals surface area contributed by atoms with Gasteiger partial charge < -0.3 is 16.2 Å². The Morgan fingerprint density at radius 1 is 1.29 bits per heavy atom. The summed E-state index contributed by atoms with van der Waals surface area (Å²) in [6, 6.07) is 9.07. The van der Waals surface area contributed by atoms with Gasteiger partial charge in [0.1, 0.15) is 0 Å². The first-order valence-corrected chi connectivity index (χ1v) is 7.07. The summed E-state index contributed by atoms with van der Waals surface area (Å²) >= 11 is 0. The van der Waals surface area contributed by atoms with E-state index in [1.165, 1.54) is 0 Å². The number of carbonyl (C=O) groups is 2. The number of benzene rings is 1. The molecule has 0 aliphatic carbocycles. The number of amides is 1. The van der Waals surface area contributed by atoms with Gasteiger partial charge in [0, 0.05) is 18.0 Å². The van der Waals surface area contributed by atoms with Crippen LogP contribution < -0.4 is 11.1 Å². The van der Waals surface area contributed by atoms with Crippen LogP contribution in [0, 0.1) is 5.92 Å². The summed E-state index contributed by atoms with van der Waals surface area (Å²) in [6.45, 7) is 5.41. The zero-order valence-electron chi connectivity index (χ0n) is 12.8. The zero-order chi connectivity index (χ0) is 16.0. The van der Waals surface area contributed by atoms with E-state index in [4.69, 9.17) is 10.8 Å². The van der Waals surface area contributed by atoms with Crippen LogP contribution >= 0.6 is 0 Å². The van der Waals surface area contributed by atoms with Gasteiger partial charge in [0.25, 0.3) is 0 Å². The fourth-order valence-corrected chi connectivity index (χ4v) is 2.06. The third-order valence-electron chi connectivity index (χ3n) is 3.56.